The van der Waals surface area contributed by atoms with Crippen LogP contribution in [0.2, 0.25) is 0 Å². The van der Waals surface area contributed by atoms with Gasteiger partial charge >= 0.3 is 0 Å². The molecule has 0 radical (unpaired) electrons. The zero-order valence-corrected chi connectivity index (χ0v) is 13.8. The van der Waals surface area contributed by atoms with E-state index in [0.717, 1.165) is 57.0 Å². The van der Waals surface area contributed by atoms with E-state index in [2.05, 4.69) is 30.8 Å². The second-order valence-corrected chi connectivity index (χ2v) is 6.65. The molecule has 4 heterocycles. The van der Waals surface area contributed by atoms with Crippen molar-refractivity contribution in [3.8, 4) is 0 Å². The molecule has 0 saturated carbocycles. The average molecular weight is 325 g/mol. The van der Waals surface area contributed by atoms with E-state index in [1.54, 1.807) is 12.4 Å². The first-order valence-corrected chi connectivity index (χ1v) is 8.78. The molecule has 0 aliphatic carbocycles. The van der Waals surface area contributed by atoms with Gasteiger partial charge in [0.1, 0.15) is 0 Å². The highest BCUT2D eigenvalue weighted by Crippen LogP contribution is 2.33. The Bertz CT molecular complexity index is 672. The predicted octanol–water partition coefficient (Wildman–Crippen LogP) is 2.38. The molecule has 24 heavy (non-hydrogen) atoms. The van der Waals surface area contributed by atoms with Crippen molar-refractivity contribution in [3.63, 3.8) is 0 Å². The number of rotatable bonds is 3. The zero-order valence-electron chi connectivity index (χ0n) is 13.8. The van der Waals surface area contributed by atoms with Gasteiger partial charge in [-0.1, -0.05) is 0 Å². The molecule has 6 nitrogen and oxygen atoms in total. The summed E-state index contributed by atoms with van der Waals surface area (Å²) in [6.45, 7) is 2.51. The lowest BCUT2D eigenvalue weighted by Gasteiger charge is -2.35. The molecule has 126 valence electrons. The number of nitrogens with zero attached hydrogens (tertiary/aromatic N) is 4. The summed E-state index contributed by atoms with van der Waals surface area (Å²) in [5.41, 5.74) is 1.15. The van der Waals surface area contributed by atoms with Gasteiger partial charge in [-0.25, -0.2) is 9.97 Å². The standard InChI is InChI=1S/C18H23N5O/c24-17(23-12-3-7-16(23)15-6-1-8-19-15)14-5-2-11-22(13-14)18-20-9-4-10-21-18/h1,4,6,8-10,14,16,19H,2-3,5,7,11-13H2/t14-,16-/m1/s1. The molecule has 1 N–H and O–H groups in total. The van der Waals surface area contributed by atoms with Crippen LogP contribution in [-0.2, 0) is 4.79 Å². The minimum Gasteiger partial charge on any atom is -0.363 e. The first-order chi connectivity index (χ1) is 11.8. The van der Waals surface area contributed by atoms with Crippen LogP contribution >= 0.6 is 0 Å². The summed E-state index contributed by atoms with van der Waals surface area (Å²) in [5, 5.41) is 0. The molecule has 0 unspecified atom stereocenters. The first kappa shape index (κ1) is 15.2. The second-order valence-electron chi connectivity index (χ2n) is 6.65. The zero-order chi connectivity index (χ0) is 16.4. The van der Waals surface area contributed by atoms with E-state index in [4.69, 9.17) is 0 Å². The highest BCUT2D eigenvalue weighted by molar-refractivity contribution is 5.80. The Morgan fingerprint density at radius 2 is 1.96 bits per heavy atom. The lowest BCUT2D eigenvalue weighted by Crippen LogP contribution is -2.45. The predicted molar refractivity (Wildman–Crippen MR) is 91.4 cm³/mol. The molecule has 6 heteroatoms. The molecule has 1 amide bonds. The lowest BCUT2D eigenvalue weighted by atomic mass is 9.96. The molecular formula is C18H23N5O. The Balaban J connectivity index is 1.47. The van der Waals surface area contributed by atoms with Gasteiger partial charge in [0.15, 0.2) is 0 Å². The van der Waals surface area contributed by atoms with Gasteiger partial charge in [0, 0.05) is 43.9 Å². The van der Waals surface area contributed by atoms with Crippen molar-refractivity contribution < 1.29 is 4.79 Å². The number of H-pyrrole nitrogens is 1. The average Bonchev–Trinajstić information content (AvgIpc) is 3.33. The number of carbonyl (C=O) groups is 1. The molecule has 2 fully saturated rings. The number of aromatic nitrogens is 3. The maximum absolute atomic E-state index is 13.1. The molecule has 0 bridgehead atoms. The molecule has 2 aromatic heterocycles. The van der Waals surface area contributed by atoms with Crippen LogP contribution in [0.4, 0.5) is 5.95 Å². The fourth-order valence-corrected chi connectivity index (χ4v) is 3.95. The van der Waals surface area contributed by atoms with Gasteiger partial charge in [0.05, 0.1) is 12.0 Å². The van der Waals surface area contributed by atoms with Crippen LogP contribution in [0.1, 0.15) is 37.4 Å². The Labute approximate surface area is 141 Å². The van der Waals surface area contributed by atoms with Crippen molar-refractivity contribution in [1.29, 1.82) is 0 Å². The van der Waals surface area contributed by atoms with E-state index in [0.29, 0.717) is 0 Å². The molecule has 0 spiro atoms. The van der Waals surface area contributed by atoms with Gasteiger partial charge < -0.3 is 14.8 Å². The highest BCUT2D eigenvalue weighted by Gasteiger charge is 2.36. The number of piperidine rings is 1. The maximum Gasteiger partial charge on any atom is 0.228 e. The molecule has 2 saturated heterocycles. The Hall–Kier alpha value is -2.37. The Morgan fingerprint density at radius 1 is 1.12 bits per heavy atom. The number of aromatic amines is 1. The van der Waals surface area contributed by atoms with E-state index < -0.39 is 0 Å². The smallest absolute Gasteiger partial charge is 0.228 e. The number of anilines is 1. The van der Waals surface area contributed by atoms with Gasteiger partial charge in [-0.3, -0.25) is 4.79 Å². The summed E-state index contributed by atoms with van der Waals surface area (Å²) in [6.07, 6.45) is 9.54. The summed E-state index contributed by atoms with van der Waals surface area (Å²) < 4.78 is 0. The molecule has 4 rings (SSSR count). The molecule has 2 aliphatic heterocycles. The molecule has 0 aromatic carbocycles. The Morgan fingerprint density at radius 3 is 2.75 bits per heavy atom. The van der Waals surface area contributed by atoms with Crippen molar-refractivity contribution in [2.75, 3.05) is 24.5 Å². The topological polar surface area (TPSA) is 65.1 Å². The van der Waals surface area contributed by atoms with E-state index >= 15 is 0 Å². The monoisotopic (exact) mass is 325 g/mol. The van der Waals surface area contributed by atoms with Crippen LogP contribution in [-0.4, -0.2) is 45.4 Å². The molecule has 2 atom stereocenters. The SMILES string of the molecule is O=C([C@@H]1CCCN(c2ncccn2)C1)N1CCC[C@@H]1c1ccc[nH]1. The maximum atomic E-state index is 13.1. The number of hydrogen-bond acceptors (Lipinski definition) is 4. The third kappa shape index (κ3) is 2.88. The van der Waals surface area contributed by atoms with Crippen LogP contribution in [0, 0.1) is 5.92 Å². The molecule has 2 aliphatic rings. The number of carbonyl (C=O) groups excluding carboxylic acids is 1. The van der Waals surface area contributed by atoms with Crippen molar-refractivity contribution in [2.24, 2.45) is 5.92 Å². The Kier molecular flexibility index (Phi) is 4.19. The highest BCUT2D eigenvalue weighted by atomic mass is 16.2. The summed E-state index contributed by atoms with van der Waals surface area (Å²) in [7, 11) is 0. The van der Waals surface area contributed by atoms with Crippen LogP contribution in [0.25, 0.3) is 0 Å². The van der Waals surface area contributed by atoms with Crippen molar-refractivity contribution in [3.05, 3.63) is 42.5 Å². The third-order valence-electron chi connectivity index (χ3n) is 5.12. The van der Waals surface area contributed by atoms with Crippen molar-refractivity contribution >= 4 is 11.9 Å². The van der Waals surface area contributed by atoms with E-state index in [1.165, 1.54) is 0 Å². The number of nitrogens with one attached hydrogen (secondary N) is 1. The summed E-state index contributed by atoms with van der Waals surface area (Å²) in [6, 6.07) is 6.12. The van der Waals surface area contributed by atoms with Gasteiger partial charge in [0.2, 0.25) is 11.9 Å². The van der Waals surface area contributed by atoms with Gasteiger partial charge in [0.25, 0.3) is 0 Å². The van der Waals surface area contributed by atoms with Crippen LogP contribution in [0.5, 0.6) is 0 Å². The van der Waals surface area contributed by atoms with E-state index in [9.17, 15) is 4.79 Å². The van der Waals surface area contributed by atoms with Gasteiger partial charge in [-0.05, 0) is 43.9 Å². The summed E-state index contributed by atoms with van der Waals surface area (Å²) >= 11 is 0. The van der Waals surface area contributed by atoms with Crippen molar-refractivity contribution in [1.82, 2.24) is 19.9 Å². The minimum absolute atomic E-state index is 0.0399. The van der Waals surface area contributed by atoms with Gasteiger partial charge in [-0.2, -0.15) is 0 Å². The summed E-state index contributed by atoms with van der Waals surface area (Å²) in [4.78, 5) is 29.3. The third-order valence-corrected chi connectivity index (χ3v) is 5.12. The van der Waals surface area contributed by atoms with Crippen LogP contribution in [0.15, 0.2) is 36.8 Å². The fraction of sp³-hybridized carbons (Fsp3) is 0.500. The number of hydrogen-bond donors (Lipinski definition) is 1. The largest absolute Gasteiger partial charge is 0.363 e. The van der Waals surface area contributed by atoms with Crippen LogP contribution in [0.3, 0.4) is 0 Å². The fourth-order valence-electron chi connectivity index (χ4n) is 3.95. The van der Waals surface area contributed by atoms with Gasteiger partial charge in [-0.15, -0.1) is 0 Å². The summed E-state index contributed by atoms with van der Waals surface area (Å²) in [5.74, 6) is 1.06. The van der Waals surface area contributed by atoms with E-state index in [-0.39, 0.29) is 17.9 Å². The number of amides is 1. The first-order valence-electron chi connectivity index (χ1n) is 8.78. The minimum atomic E-state index is 0.0399. The number of likely N-dealkylation sites (tertiary alicyclic amines) is 1. The quantitative estimate of drug-likeness (QED) is 0.941. The molecular weight excluding hydrogens is 302 g/mol. The van der Waals surface area contributed by atoms with Crippen LogP contribution < -0.4 is 4.90 Å². The van der Waals surface area contributed by atoms with E-state index in [1.807, 2.05) is 18.3 Å². The second kappa shape index (κ2) is 6.63. The normalized spacial score (nSPS) is 24.3. The molecule has 2 aromatic rings. The lowest BCUT2D eigenvalue weighted by molar-refractivity contribution is -0.136. The van der Waals surface area contributed by atoms with Crippen molar-refractivity contribution in [2.45, 2.75) is 31.7 Å².